The number of hydrogen-bond acceptors (Lipinski definition) is 8. The molecule has 3 N–H and O–H groups in total. The Kier molecular flexibility index (Phi) is 5.08. The Morgan fingerprint density at radius 1 is 1.29 bits per heavy atom. The molecule has 160 valence electrons. The number of aromatic nitrogens is 5. The lowest BCUT2D eigenvalue weighted by Gasteiger charge is -2.28. The van der Waals surface area contributed by atoms with Gasteiger partial charge in [-0.25, -0.2) is 19.9 Å². The van der Waals surface area contributed by atoms with Crippen molar-refractivity contribution in [2.45, 2.75) is 44.7 Å². The number of carbonyl (C=O) groups is 1. The monoisotopic (exact) mass is 436 g/mol. The van der Waals surface area contributed by atoms with E-state index in [1.165, 1.54) is 4.88 Å². The first kappa shape index (κ1) is 19.9. The van der Waals surface area contributed by atoms with Crippen LogP contribution in [0.25, 0.3) is 11.2 Å². The van der Waals surface area contributed by atoms with Crippen LogP contribution >= 0.6 is 11.3 Å². The summed E-state index contributed by atoms with van der Waals surface area (Å²) in [4.78, 5) is 33.9. The average Bonchev–Trinajstić information content (AvgIpc) is 3.37. The summed E-state index contributed by atoms with van der Waals surface area (Å²) in [7, 11) is 2.11. The molecule has 0 bridgehead atoms. The number of carbonyl (C=O) groups excluding carboxylic acids is 1. The molecule has 3 aromatic heterocycles. The van der Waals surface area contributed by atoms with Crippen molar-refractivity contribution in [3.63, 3.8) is 0 Å². The minimum Gasteiger partial charge on any atom is -0.382 e. The van der Waals surface area contributed by atoms with Crippen molar-refractivity contribution in [2.75, 3.05) is 24.6 Å². The lowest BCUT2D eigenvalue weighted by atomic mass is 9.85. The summed E-state index contributed by atoms with van der Waals surface area (Å²) in [5.74, 6) is 3.04. The Hall–Kier alpha value is -3.03. The van der Waals surface area contributed by atoms with E-state index in [4.69, 9.17) is 12.2 Å². The number of thiazole rings is 1. The third-order valence-electron chi connectivity index (χ3n) is 6.19. The van der Waals surface area contributed by atoms with E-state index in [0.29, 0.717) is 17.0 Å². The number of nitrogens with two attached hydrogens (primary N) is 1. The van der Waals surface area contributed by atoms with Gasteiger partial charge in [0.25, 0.3) is 0 Å². The highest BCUT2D eigenvalue weighted by Gasteiger charge is 2.29. The molecule has 1 saturated carbocycles. The van der Waals surface area contributed by atoms with Gasteiger partial charge in [-0.2, -0.15) is 0 Å². The van der Waals surface area contributed by atoms with Crippen molar-refractivity contribution in [1.29, 1.82) is 0 Å². The topological polar surface area (TPSA) is 115 Å². The summed E-state index contributed by atoms with van der Waals surface area (Å²) in [6.45, 7) is 1.92. The van der Waals surface area contributed by atoms with E-state index in [9.17, 15) is 4.79 Å². The molecule has 31 heavy (non-hydrogen) atoms. The summed E-state index contributed by atoms with van der Waals surface area (Å²) in [5, 5.41) is 3.78. The predicted octanol–water partition coefficient (Wildman–Crippen LogP) is 2.20. The van der Waals surface area contributed by atoms with E-state index in [2.05, 4.69) is 43.1 Å². The zero-order chi connectivity index (χ0) is 21.5. The summed E-state index contributed by atoms with van der Waals surface area (Å²) >= 11 is 1.60. The molecule has 0 radical (unpaired) electrons. The molecule has 10 heteroatoms. The number of fused-ring (bicyclic) bond motifs is 2. The van der Waals surface area contributed by atoms with E-state index >= 15 is 0 Å². The minimum absolute atomic E-state index is 0.0180. The SMILES string of the molecule is C#Cc1nc(N)c2ncn([C@H]3CC[C@@H](C(=O)Nc4nc5c(s4)CN(C)CC5)CC3)c2n1. The van der Waals surface area contributed by atoms with E-state index in [-0.39, 0.29) is 23.7 Å². The van der Waals surface area contributed by atoms with Crippen LogP contribution in [0.5, 0.6) is 0 Å². The van der Waals surface area contributed by atoms with Gasteiger partial charge >= 0.3 is 0 Å². The van der Waals surface area contributed by atoms with Crippen molar-refractivity contribution in [2.24, 2.45) is 5.92 Å². The molecule has 1 amide bonds. The predicted molar refractivity (Wildman–Crippen MR) is 119 cm³/mol. The number of nitrogen functional groups attached to an aromatic ring is 1. The van der Waals surface area contributed by atoms with Crippen molar-refractivity contribution < 1.29 is 4.79 Å². The van der Waals surface area contributed by atoms with Crippen LogP contribution in [0.15, 0.2) is 6.33 Å². The molecule has 0 saturated heterocycles. The van der Waals surface area contributed by atoms with Gasteiger partial charge in [0.1, 0.15) is 5.52 Å². The van der Waals surface area contributed by atoms with Gasteiger partial charge in [0, 0.05) is 36.3 Å². The van der Waals surface area contributed by atoms with Gasteiger partial charge < -0.3 is 20.5 Å². The van der Waals surface area contributed by atoms with Crippen LogP contribution in [0.2, 0.25) is 0 Å². The van der Waals surface area contributed by atoms with Gasteiger partial charge in [0.05, 0.1) is 12.0 Å². The molecule has 1 fully saturated rings. The van der Waals surface area contributed by atoms with E-state index in [0.717, 1.165) is 56.0 Å². The first-order chi connectivity index (χ1) is 15.0. The number of rotatable bonds is 3. The number of anilines is 2. The van der Waals surface area contributed by atoms with Gasteiger partial charge in [0.15, 0.2) is 16.6 Å². The quantitative estimate of drug-likeness (QED) is 0.605. The lowest BCUT2D eigenvalue weighted by molar-refractivity contribution is -0.120. The fraction of sp³-hybridized carbons (Fsp3) is 0.476. The van der Waals surface area contributed by atoms with Crippen molar-refractivity contribution >= 4 is 39.4 Å². The molecule has 1 aliphatic heterocycles. The van der Waals surface area contributed by atoms with E-state index < -0.39 is 0 Å². The lowest BCUT2D eigenvalue weighted by Crippen LogP contribution is -2.28. The number of imidazole rings is 1. The fourth-order valence-corrected chi connectivity index (χ4v) is 5.56. The molecular weight excluding hydrogens is 412 g/mol. The maximum atomic E-state index is 12.8. The normalized spacial score (nSPS) is 21.5. The fourth-order valence-electron chi connectivity index (χ4n) is 4.47. The number of amides is 1. The number of terminal acetylenes is 1. The average molecular weight is 437 g/mol. The van der Waals surface area contributed by atoms with Gasteiger partial charge in [-0.05, 0) is 38.7 Å². The maximum Gasteiger partial charge on any atom is 0.229 e. The Morgan fingerprint density at radius 2 is 2.10 bits per heavy atom. The van der Waals surface area contributed by atoms with E-state index in [1.807, 2.05) is 4.57 Å². The zero-order valence-electron chi connectivity index (χ0n) is 17.3. The highest BCUT2D eigenvalue weighted by molar-refractivity contribution is 7.15. The summed E-state index contributed by atoms with van der Waals surface area (Å²) < 4.78 is 2.02. The van der Waals surface area contributed by atoms with Crippen molar-refractivity contribution in [3.05, 3.63) is 22.7 Å². The van der Waals surface area contributed by atoms with Crippen LogP contribution in [0.1, 0.15) is 48.1 Å². The first-order valence-corrected chi connectivity index (χ1v) is 11.3. The molecule has 0 unspecified atom stereocenters. The second kappa shape index (κ2) is 7.90. The summed E-state index contributed by atoms with van der Waals surface area (Å²) in [5.41, 5.74) is 8.32. The molecule has 1 aliphatic carbocycles. The van der Waals surface area contributed by atoms with E-state index in [1.54, 1.807) is 17.7 Å². The zero-order valence-corrected chi connectivity index (χ0v) is 18.2. The molecule has 5 rings (SSSR count). The van der Waals surface area contributed by atoms with Gasteiger partial charge in [-0.1, -0.05) is 0 Å². The smallest absolute Gasteiger partial charge is 0.229 e. The van der Waals surface area contributed by atoms with Crippen LogP contribution in [-0.4, -0.2) is 48.9 Å². The molecule has 3 aromatic rings. The summed E-state index contributed by atoms with van der Waals surface area (Å²) in [6, 6.07) is 0.205. The van der Waals surface area contributed by atoms with Crippen molar-refractivity contribution in [3.8, 4) is 12.3 Å². The standard InChI is InChI=1S/C21H24N8OS/c1-3-16-25-18(22)17-19(26-16)29(11-23-17)13-6-4-12(5-7-13)20(30)27-21-24-14-8-9-28(2)10-15(14)31-21/h1,11-13H,4-10H2,2H3,(H2,22,25,26)(H,24,27,30)/t12-,13+. The second-order valence-electron chi connectivity index (χ2n) is 8.27. The molecular formula is C21H24N8OS. The van der Waals surface area contributed by atoms with Crippen LogP contribution in [0.4, 0.5) is 10.9 Å². The van der Waals surface area contributed by atoms with Crippen LogP contribution in [-0.2, 0) is 17.8 Å². The number of nitrogens with one attached hydrogen (secondary N) is 1. The molecule has 0 spiro atoms. The Morgan fingerprint density at radius 3 is 2.87 bits per heavy atom. The van der Waals surface area contributed by atoms with Gasteiger partial charge in [-0.15, -0.1) is 17.8 Å². The molecule has 4 heterocycles. The number of nitrogens with zero attached hydrogens (tertiary/aromatic N) is 6. The van der Waals surface area contributed by atoms with Crippen LogP contribution in [0.3, 0.4) is 0 Å². The first-order valence-electron chi connectivity index (χ1n) is 10.5. The third-order valence-corrected chi connectivity index (χ3v) is 7.19. The molecule has 0 atom stereocenters. The largest absolute Gasteiger partial charge is 0.382 e. The molecule has 2 aliphatic rings. The highest BCUT2D eigenvalue weighted by atomic mass is 32.1. The van der Waals surface area contributed by atoms with Gasteiger partial charge in [-0.3, -0.25) is 4.79 Å². The van der Waals surface area contributed by atoms with Crippen molar-refractivity contribution in [1.82, 2.24) is 29.4 Å². The third kappa shape index (κ3) is 3.75. The summed E-state index contributed by atoms with van der Waals surface area (Å²) in [6.07, 6.45) is 11.5. The second-order valence-corrected chi connectivity index (χ2v) is 9.36. The number of hydrogen-bond donors (Lipinski definition) is 2. The Balaban J connectivity index is 1.25. The Labute approximate surface area is 184 Å². The minimum atomic E-state index is -0.0180. The molecule has 9 nitrogen and oxygen atoms in total. The Bertz CT molecular complexity index is 1180. The van der Waals surface area contributed by atoms with Crippen LogP contribution < -0.4 is 11.1 Å². The highest BCUT2D eigenvalue weighted by Crippen LogP contribution is 2.35. The maximum absolute atomic E-state index is 12.8. The van der Waals surface area contributed by atoms with Gasteiger partial charge in [0.2, 0.25) is 11.7 Å². The number of likely N-dealkylation sites (N-methyl/N-ethyl adjacent to an activating group) is 1. The molecule has 0 aromatic carbocycles. The van der Waals surface area contributed by atoms with Crippen LogP contribution in [0, 0.1) is 18.3 Å².